The van der Waals surface area contributed by atoms with Crippen molar-refractivity contribution >= 4 is 17.2 Å². The number of amides is 1. The van der Waals surface area contributed by atoms with E-state index < -0.39 is 0 Å². The molecule has 31 heavy (non-hydrogen) atoms. The Morgan fingerprint density at radius 3 is 2.77 bits per heavy atom. The Bertz CT molecular complexity index is 1060. The maximum Gasteiger partial charge on any atom is 0.226 e. The third-order valence-electron chi connectivity index (χ3n) is 6.16. The summed E-state index contributed by atoms with van der Waals surface area (Å²) in [5.41, 5.74) is 2.94. The minimum Gasteiger partial charge on any atom is -0.337 e. The van der Waals surface area contributed by atoms with Gasteiger partial charge in [-0.2, -0.15) is 0 Å². The number of hydrogen-bond donors (Lipinski definition) is 0. The highest BCUT2D eigenvalue weighted by Gasteiger charge is 2.31. The monoisotopic (exact) mass is 436 g/mol. The van der Waals surface area contributed by atoms with Gasteiger partial charge in [0.15, 0.2) is 0 Å². The zero-order chi connectivity index (χ0) is 21.2. The van der Waals surface area contributed by atoms with Gasteiger partial charge in [0.25, 0.3) is 0 Å². The van der Waals surface area contributed by atoms with Gasteiger partial charge in [0.2, 0.25) is 5.91 Å². The van der Waals surface area contributed by atoms with Crippen LogP contribution in [0.1, 0.15) is 29.1 Å². The molecule has 2 aliphatic rings. The second kappa shape index (κ2) is 8.85. The van der Waals surface area contributed by atoms with Gasteiger partial charge in [0.05, 0.1) is 17.9 Å². The molecule has 1 aromatic carbocycles. The second-order valence-corrected chi connectivity index (χ2v) is 9.36. The molecule has 0 unspecified atom stereocenters. The molecule has 1 fully saturated rings. The van der Waals surface area contributed by atoms with Crippen LogP contribution in [0.5, 0.6) is 0 Å². The number of fused-ring (bicyclic) bond motifs is 1. The molecule has 0 aliphatic carbocycles. The number of pyridine rings is 1. The Morgan fingerprint density at radius 2 is 2.00 bits per heavy atom. The molecule has 5 nitrogen and oxygen atoms in total. The average Bonchev–Trinajstić information content (AvgIpc) is 3.23. The summed E-state index contributed by atoms with van der Waals surface area (Å²) in [4.78, 5) is 27.8. The van der Waals surface area contributed by atoms with Crippen LogP contribution in [0.15, 0.2) is 48.7 Å². The lowest BCUT2D eigenvalue weighted by Crippen LogP contribution is -2.44. The largest absolute Gasteiger partial charge is 0.337 e. The molecular formula is C24H25FN4OS. The zero-order valence-electron chi connectivity index (χ0n) is 17.3. The molecule has 1 amide bonds. The molecule has 1 saturated heterocycles. The summed E-state index contributed by atoms with van der Waals surface area (Å²) in [5, 5.41) is 0.835. The predicted octanol–water partition coefficient (Wildman–Crippen LogP) is 4.14. The van der Waals surface area contributed by atoms with Crippen molar-refractivity contribution in [2.75, 3.05) is 19.6 Å². The molecule has 0 atom stereocenters. The van der Waals surface area contributed by atoms with Gasteiger partial charge in [0.1, 0.15) is 10.8 Å². The highest BCUT2D eigenvalue weighted by molar-refractivity contribution is 7.15. The smallest absolute Gasteiger partial charge is 0.226 e. The van der Waals surface area contributed by atoms with Crippen LogP contribution in [-0.2, 0) is 24.3 Å². The topological polar surface area (TPSA) is 49.3 Å². The standard InChI is InChI=1S/C24H25FN4OS/c25-19-5-3-4-18(14-19)23-27-21-9-13-29(16-22(21)31-23)24(30)17-7-11-28(12-8-17)15-20-6-1-2-10-26-20/h1-6,10,14,17H,7-9,11-13,15-16H2. The van der Waals surface area contributed by atoms with Crippen LogP contribution < -0.4 is 0 Å². The van der Waals surface area contributed by atoms with Crippen LogP contribution in [-0.4, -0.2) is 45.3 Å². The Kier molecular flexibility index (Phi) is 5.78. The van der Waals surface area contributed by atoms with Gasteiger partial charge in [-0.3, -0.25) is 14.7 Å². The van der Waals surface area contributed by atoms with E-state index in [4.69, 9.17) is 4.98 Å². The summed E-state index contributed by atoms with van der Waals surface area (Å²) >= 11 is 1.58. The number of nitrogens with zero attached hydrogens (tertiary/aromatic N) is 4. The van der Waals surface area contributed by atoms with E-state index in [-0.39, 0.29) is 17.6 Å². The molecule has 4 heterocycles. The number of carbonyl (C=O) groups is 1. The van der Waals surface area contributed by atoms with Crippen molar-refractivity contribution in [3.8, 4) is 10.6 Å². The van der Waals surface area contributed by atoms with Crippen LogP contribution in [0.4, 0.5) is 4.39 Å². The number of likely N-dealkylation sites (tertiary alicyclic amines) is 1. The first-order chi connectivity index (χ1) is 15.2. The van der Waals surface area contributed by atoms with Crippen molar-refractivity contribution in [1.29, 1.82) is 0 Å². The molecule has 5 rings (SSSR count). The van der Waals surface area contributed by atoms with Crippen LogP contribution in [0.2, 0.25) is 0 Å². The minimum atomic E-state index is -0.253. The quantitative estimate of drug-likeness (QED) is 0.617. The molecule has 0 saturated carbocycles. The Hall–Kier alpha value is -2.64. The number of carbonyl (C=O) groups excluding carboxylic acids is 1. The molecular weight excluding hydrogens is 411 g/mol. The Balaban J connectivity index is 1.19. The van der Waals surface area contributed by atoms with Crippen LogP contribution >= 0.6 is 11.3 Å². The van der Waals surface area contributed by atoms with E-state index >= 15 is 0 Å². The number of thiazole rings is 1. The molecule has 0 spiro atoms. The number of hydrogen-bond acceptors (Lipinski definition) is 5. The van der Waals surface area contributed by atoms with Crippen molar-refractivity contribution in [2.24, 2.45) is 5.92 Å². The average molecular weight is 437 g/mol. The molecule has 0 bridgehead atoms. The summed E-state index contributed by atoms with van der Waals surface area (Å²) in [7, 11) is 0. The van der Waals surface area contributed by atoms with Crippen LogP contribution in [0.25, 0.3) is 10.6 Å². The van der Waals surface area contributed by atoms with Crippen molar-refractivity contribution in [3.63, 3.8) is 0 Å². The van der Waals surface area contributed by atoms with Crippen molar-refractivity contribution in [2.45, 2.75) is 32.4 Å². The first-order valence-electron chi connectivity index (χ1n) is 10.8. The number of rotatable bonds is 4. The third-order valence-corrected chi connectivity index (χ3v) is 7.29. The number of aromatic nitrogens is 2. The minimum absolute atomic E-state index is 0.0946. The number of piperidine rings is 1. The Labute approximate surface area is 185 Å². The Morgan fingerprint density at radius 1 is 1.13 bits per heavy atom. The van der Waals surface area contributed by atoms with Gasteiger partial charge >= 0.3 is 0 Å². The van der Waals surface area contributed by atoms with Gasteiger partial charge in [-0.05, 0) is 50.2 Å². The number of benzene rings is 1. The summed E-state index contributed by atoms with van der Waals surface area (Å²) in [6.45, 7) is 4.03. The van der Waals surface area contributed by atoms with Crippen molar-refractivity contribution in [3.05, 3.63) is 70.7 Å². The van der Waals surface area contributed by atoms with E-state index in [0.717, 1.165) is 65.7 Å². The van der Waals surface area contributed by atoms with Gasteiger partial charge in [-0.25, -0.2) is 9.37 Å². The maximum atomic E-state index is 13.6. The summed E-state index contributed by atoms with van der Waals surface area (Å²) in [6, 6.07) is 12.6. The van der Waals surface area contributed by atoms with E-state index in [9.17, 15) is 9.18 Å². The lowest BCUT2D eigenvalue weighted by Gasteiger charge is -2.35. The van der Waals surface area contributed by atoms with E-state index in [0.29, 0.717) is 13.1 Å². The number of halogens is 1. The molecule has 7 heteroatoms. The van der Waals surface area contributed by atoms with E-state index in [1.165, 1.54) is 12.1 Å². The van der Waals surface area contributed by atoms with Gasteiger partial charge < -0.3 is 4.90 Å². The molecule has 160 valence electrons. The highest BCUT2D eigenvalue weighted by atomic mass is 32.1. The van der Waals surface area contributed by atoms with E-state index in [1.54, 1.807) is 17.4 Å². The van der Waals surface area contributed by atoms with Crippen LogP contribution in [0.3, 0.4) is 0 Å². The molecule has 0 N–H and O–H groups in total. The zero-order valence-corrected chi connectivity index (χ0v) is 18.2. The summed E-state index contributed by atoms with van der Waals surface area (Å²) < 4.78 is 13.6. The normalized spacial score (nSPS) is 17.5. The fourth-order valence-electron chi connectivity index (χ4n) is 4.45. The third kappa shape index (κ3) is 4.52. The first-order valence-corrected chi connectivity index (χ1v) is 11.6. The van der Waals surface area contributed by atoms with Gasteiger partial charge in [-0.15, -0.1) is 11.3 Å². The van der Waals surface area contributed by atoms with Gasteiger partial charge in [0, 0.05) is 42.1 Å². The molecule has 3 aromatic rings. The van der Waals surface area contributed by atoms with Crippen molar-refractivity contribution in [1.82, 2.24) is 19.8 Å². The first kappa shape index (κ1) is 20.3. The maximum absolute atomic E-state index is 13.6. The predicted molar refractivity (Wildman–Crippen MR) is 119 cm³/mol. The molecule has 0 radical (unpaired) electrons. The van der Waals surface area contributed by atoms with Crippen molar-refractivity contribution < 1.29 is 9.18 Å². The fourth-order valence-corrected chi connectivity index (χ4v) is 5.57. The van der Waals surface area contributed by atoms with E-state index in [2.05, 4.69) is 16.0 Å². The highest BCUT2D eigenvalue weighted by Crippen LogP contribution is 2.33. The lowest BCUT2D eigenvalue weighted by molar-refractivity contribution is -0.138. The summed E-state index contributed by atoms with van der Waals surface area (Å²) in [5.74, 6) is 0.109. The lowest BCUT2D eigenvalue weighted by atomic mass is 9.94. The summed E-state index contributed by atoms with van der Waals surface area (Å²) in [6.07, 6.45) is 4.39. The molecule has 2 aromatic heterocycles. The van der Waals surface area contributed by atoms with Gasteiger partial charge in [-0.1, -0.05) is 18.2 Å². The molecule has 2 aliphatic heterocycles. The fraction of sp³-hybridized carbons (Fsp3) is 0.375. The second-order valence-electron chi connectivity index (χ2n) is 8.28. The SMILES string of the molecule is O=C(C1CCN(Cc2ccccn2)CC1)N1CCc2nc(-c3cccc(F)c3)sc2C1. The van der Waals surface area contributed by atoms with E-state index in [1.807, 2.05) is 29.3 Å². The van der Waals surface area contributed by atoms with Crippen LogP contribution in [0, 0.1) is 11.7 Å².